The topological polar surface area (TPSA) is 43.6 Å². The molecule has 3 heterocycles. The van der Waals surface area contributed by atoms with Crippen LogP contribution in [0.5, 0.6) is 0 Å². The van der Waals surface area contributed by atoms with Crippen molar-refractivity contribution < 1.29 is 0 Å². The molecule has 4 aromatic rings. The molecule has 0 aliphatic rings. The third-order valence-electron chi connectivity index (χ3n) is 3.91. The fourth-order valence-electron chi connectivity index (χ4n) is 2.77. The van der Waals surface area contributed by atoms with Gasteiger partial charge in [0.25, 0.3) is 0 Å². The van der Waals surface area contributed by atoms with Gasteiger partial charge in [0.1, 0.15) is 5.82 Å². The summed E-state index contributed by atoms with van der Waals surface area (Å²) in [6.07, 6.45) is 5.44. The third-order valence-corrected chi connectivity index (χ3v) is 3.91. The zero-order chi connectivity index (χ0) is 14.4. The van der Waals surface area contributed by atoms with E-state index in [-0.39, 0.29) is 0 Å². The van der Waals surface area contributed by atoms with Gasteiger partial charge in [0.15, 0.2) is 0 Å². The number of aryl methyl sites for hydroxylation is 2. The van der Waals surface area contributed by atoms with Crippen molar-refractivity contribution in [1.82, 2.24) is 19.5 Å². The summed E-state index contributed by atoms with van der Waals surface area (Å²) in [5.74, 6) is 0.918. The normalized spacial score (nSPS) is 11.3. The number of rotatable bonds is 1. The van der Waals surface area contributed by atoms with Crippen LogP contribution in [0.3, 0.4) is 0 Å². The number of pyridine rings is 2. The van der Waals surface area contributed by atoms with E-state index < -0.39 is 0 Å². The Hall–Kier alpha value is -2.75. The summed E-state index contributed by atoms with van der Waals surface area (Å²) in [7, 11) is 2.01. The number of benzene rings is 1. The monoisotopic (exact) mass is 274 g/mol. The minimum absolute atomic E-state index is 0.918. The number of hydrogen-bond acceptors (Lipinski definition) is 3. The number of aromatic nitrogens is 4. The van der Waals surface area contributed by atoms with E-state index in [1.165, 1.54) is 10.9 Å². The highest BCUT2D eigenvalue weighted by Crippen LogP contribution is 2.30. The van der Waals surface area contributed by atoms with Crippen LogP contribution < -0.4 is 0 Å². The first kappa shape index (κ1) is 12.0. The molecule has 1 aromatic carbocycles. The van der Waals surface area contributed by atoms with Gasteiger partial charge < -0.3 is 4.57 Å². The van der Waals surface area contributed by atoms with Crippen LogP contribution in [-0.2, 0) is 7.05 Å². The Balaban J connectivity index is 2.10. The predicted octanol–water partition coefficient (Wildman–Crippen LogP) is 3.49. The highest BCUT2D eigenvalue weighted by molar-refractivity contribution is 5.95. The lowest BCUT2D eigenvalue weighted by atomic mass is 10.0. The van der Waals surface area contributed by atoms with Crippen molar-refractivity contribution in [2.75, 3.05) is 0 Å². The molecule has 0 bridgehead atoms. The van der Waals surface area contributed by atoms with Gasteiger partial charge in [0.05, 0.1) is 22.7 Å². The molecule has 0 fully saturated rings. The van der Waals surface area contributed by atoms with Crippen molar-refractivity contribution in [3.8, 4) is 11.4 Å². The maximum Gasteiger partial charge on any atom is 0.143 e. The van der Waals surface area contributed by atoms with Crippen LogP contribution in [0.2, 0.25) is 0 Å². The standard InChI is InChI=1S/C17H14N4/c1-11-5-6-13(16-12(11)4-3-8-19-16)17-20-14-7-9-18-10-15(14)21(17)2/h3-10H,1-2H3. The first-order valence-corrected chi connectivity index (χ1v) is 6.87. The summed E-state index contributed by atoms with van der Waals surface area (Å²) < 4.78 is 2.07. The van der Waals surface area contributed by atoms with Crippen molar-refractivity contribution >= 4 is 21.9 Å². The van der Waals surface area contributed by atoms with Crippen molar-refractivity contribution in [2.45, 2.75) is 6.92 Å². The Morgan fingerprint density at radius 1 is 1.05 bits per heavy atom. The molecule has 21 heavy (non-hydrogen) atoms. The fourth-order valence-corrected chi connectivity index (χ4v) is 2.77. The Labute approximate surface area is 122 Å². The molecule has 3 aromatic heterocycles. The van der Waals surface area contributed by atoms with Gasteiger partial charge in [-0.2, -0.15) is 0 Å². The second-order valence-electron chi connectivity index (χ2n) is 5.19. The van der Waals surface area contributed by atoms with Gasteiger partial charge >= 0.3 is 0 Å². The minimum Gasteiger partial charge on any atom is -0.326 e. The maximum absolute atomic E-state index is 4.75. The van der Waals surface area contributed by atoms with E-state index >= 15 is 0 Å². The number of fused-ring (bicyclic) bond motifs is 2. The average molecular weight is 274 g/mol. The van der Waals surface area contributed by atoms with Gasteiger partial charge in [-0.05, 0) is 30.7 Å². The van der Waals surface area contributed by atoms with Crippen LogP contribution in [0.15, 0.2) is 48.9 Å². The molecule has 4 nitrogen and oxygen atoms in total. The highest BCUT2D eigenvalue weighted by atomic mass is 15.1. The van der Waals surface area contributed by atoms with E-state index in [9.17, 15) is 0 Å². The Bertz CT molecular complexity index is 969. The molecule has 0 aliphatic carbocycles. The molecule has 0 saturated carbocycles. The van der Waals surface area contributed by atoms with Crippen LogP contribution in [0.25, 0.3) is 33.3 Å². The molecule has 0 N–H and O–H groups in total. The van der Waals surface area contributed by atoms with Crippen LogP contribution in [-0.4, -0.2) is 19.5 Å². The van der Waals surface area contributed by atoms with Crippen molar-refractivity contribution in [1.29, 1.82) is 0 Å². The smallest absolute Gasteiger partial charge is 0.143 e. The van der Waals surface area contributed by atoms with Gasteiger partial charge in [-0.15, -0.1) is 0 Å². The molecule has 0 unspecified atom stereocenters. The quantitative estimate of drug-likeness (QED) is 0.533. The summed E-state index contributed by atoms with van der Waals surface area (Å²) in [6.45, 7) is 2.10. The van der Waals surface area contributed by atoms with Crippen LogP contribution in [0.4, 0.5) is 0 Å². The van der Waals surface area contributed by atoms with Crippen LogP contribution in [0, 0.1) is 6.92 Å². The summed E-state index contributed by atoms with van der Waals surface area (Å²) >= 11 is 0. The number of nitrogens with zero attached hydrogens (tertiary/aromatic N) is 4. The van der Waals surface area contributed by atoms with E-state index in [0.717, 1.165) is 27.9 Å². The molecule has 0 aliphatic heterocycles. The summed E-state index contributed by atoms with van der Waals surface area (Å²) in [5, 5.41) is 1.17. The lowest BCUT2D eigenvalue weighted by Gasteiger charge is -2.08. The van der Waals surface area contributed by atoms with E-state index in [1.807, 2.05) is 31.6 Å². The highest BCUT2D eigenvalue weighted by Gasteiger charge is 2.13. The lowest BCUT2D eigenvalue weighted by molar-refractivity contribution is 0.957. The predicted molar refractivity (Wildman–Crippen MR) is 84.0 cm³/mol. The third kappa shape index (κ3) is 1.72. The SMILES string of the molecule is Cc1ccc(-c2nc3ccncc3n2C)c2ncccc12. The van der Waals surface area contributed by atoms with Crippen molar-refractivity contribution in [3.63, 3.8) is 0 Å². The van der Waals surface area contributed by atoms with E-state index in [4.69, 9.17) is 4.98 Å². The summed E-state index contributed by atoms with van der Waals surface area (Å²) in [6, 6.07) is 10.2. The fraction of sp³-hybridized carbons (Fsp3) is 0.118. The lowest BCUT2D eigenvalue weighted by Crippen LogP contribution is -1.95. The molecule has 102 valence electrons. The van der Waals surface area contributed by atoms with Crippen LogP contribution >= 0.6 is 0 Å². The molecule has 4 heteroatoms. The largest absolute Gasteiger partial charge is 0.326 e. The van der Waals surface area contributed by atoms with Gasteiger partial charge in [0.2, 0.25) is 0 Å². The van der Waals surface area contributed by atoms with E-state index in [2.05, 4.69) is 39.7 Å². The van der Waals surface area contributed by atoms with Crippen molar-refractivity contribution in [2.24, 2.45) is 7.05 Å². The van der Waals surface area contributed by atoms with Gasteiger partial charge in [0, 0.05) is 30.4 Å². The molecule has 0 radical (unpaired) electrons. The first-order valence-electron chi connectivity index (χ1n) is 6.87. The zero-order valence-electron chi connectivity index (χ0n) is 11.9. The molecule has 0 amide bonds. The van der Waals surface area contributed by atoms with Gasteiger partial charge in [-0.25, -0.2) is 4.98 Å². The molecule has 0 spiro atoms. The first-order chi connectivity index (χ1) is 10.3. The van der Waals surface area contributed by atoms with Gasteiger partial charge in [-0.3, -0.25) is 9.97 Å². The number of hydrogen-bond donors (Lipinski definition) is 0. The molecule has 0 saturated heterocycles. The summed E-state index contributed by atoms with van der Waals surface area (Å²) in [5.41, 5.74) is 5.24. The van der Waals surface area contributed by atoms with E-state index in [1.54, 1.807) is 6.20 Å². The zero-order valence-corrected chi connectivity index (χ0v) is 11.9. The average Bonchev–Trinajstić information content (AvgIpc) is 2.86. The van der Waals surface area contributed by atoms with Crippen molar-refractivity contribution in [3.05, 3.63) is 54.5 Å². The summed E-state index contributed by atoms with van der Waals surface area (Å²) in [4.78, 5) is 13.5. The molecule has 4 rings (SSSR count). The Morgan fingerprint density at radius 2 is 1.95 bits per heavy atom. The van der Waals surface area contributed by atoms with Crippen LogP contribution in [0.1, 0.15) is 5.56 Å². The van der Waals surface area contributed by atoms with Gasteiger partial charge in [-0.1, -0.05) is 12.1 Å². The Morgan fingerprint density at radius 3 is 2.81 bits per heavy atom. The maximum atomic E-state index is 4.75. The second-order valence-corrected chi connectivity index (χ2v) is 5.19. The molecule has 0 atom stereocenters. The molecular formula is C17H14N4. The molecular weight excluding hydrogens is 260 g/mol. The second kappa shape index (κ2) is 4.38. The number of imidazole rings is 1. The Kier molecular flexibility index (Phi) is 2.51. The van der Waals surface area contributed by atoms with E-state index in [0.29, 0.717) is 0 Å². The minimum atomic E-state index is 0.918.